The molecule has 0 bridgehead atoms. The quantitative estimate of drug-likeness (QED) is 0.846. The van der Waals surface area contributed by atoms with Crippen LogP contribution < -0.4 is 0 Å². The highest BCUT2D eigenvalue weighted by Crippen LogP contribution is 2.26. The number of nitrogens with one attached hydrogen (secondary N) is 1. The maximum absolute atomic E-state index is 10.6. The molecule has 0 spiro atoms. The van der Waals surface area contributed by atoms with Gasteiger partial charge in [-0.1, -0.05) is 30.9 Å². The van der Waals surface area contributed by atoms with E-state index in [-0.39, 0.29) is 6.42 Å². The molecule has 3 heteroatoms. The van der Waals surface area contributed by atoms with Crippen LogP contribution in [0.5, 0.6) is 0 Å². The molecule has 1 heterocycles. The Labute approximate surface area is 99.8 Å². The fraction of sp³-hybridized carbons (Fsp3) is 0.214. The number of carbonyl (C=O) groups is 1. The summed E-state index contributed by atoms with van der Waals surface area (Å²) in [5.74, 6) is -0.765. The van der Waals surface area contributed by atoms with Gasteiger partial charge in [0.25, 0.3) is 0 Å². The second-order valence-corrected chi connectivity index (χ2v) is 4.10. The Morgan fingerprint density at radius 3 is 2.94 bits per heavy atom. The highest BCUT2D eigenvalue weighted by atomic mass is 16.4. The van der Waals surface area contributed by atoms with Crippen molar-refractivity contribution < 1.29 is 9.90 Å². The zero-order valence-corrected chi connectivity index (χ0v) is 9.79. The van der Waals surface area contributed by atoms with Crippen LogP contribution in [0.4, 0.5) is 0 Å². The molecule has 2 rings (SSSR count). The first-order chi connectivity index (χ1) is 8.13. The molecule has 2 N–H and O–H groups in total. The minimum Gasteiger partial charge on any atom is -0.481 e. The topological polar surface area (TPSA) is 53.1 Å². The number of aliphatic carboxylic acids is 1. The summed E-state index contributed by atoms with van der Waals surface area (Å²) in [6.07, 6.45) is 2.52. The molecule has 0 radical (unpaired) electrons. The largest absolute Gasteiger partial charge is 0.481 e. The van der Waals surface area contributed by atoms with Crippen LogP contribution in [0.1, 0.15) is 23.2 Å². The van der Waals surface area contributed by atoms with Crippen LogP contribution in [0, 0.1) is 6.92 Å². The van der Waals surface area contributed by atoms with Crippen LogP contribution in [-0.4, -0.2) is 16.1 Å². The van der Waals surface area contributed by atoms with Crippen molar-refractivity contribution in [2.75, 3.05) is 0 Å². The van der Waals surface area contributed by atoms with Gasteiger partial charge >= 0.3 is 5.97 Å². The molecule has 2 aromatic rings. The van der Waals surface area contributed by atoms with Gasteiger partial charge in [0.15, 0.2) is 0 Å². The normalized spacial score (nSPS) is 10.6. The molecule has 0 saturated heterocycles. The molecule has 1 aromatic carbocycles. The van der Waals surface area contributed by atoms with Crippen molar-refractivity contribution in [3.63, 3.8) is 0 Å². The Hall–Kier alpha value is -2.03. The van der Waals surface area contributed by atoms with Gasteiger partial charge in [-0.15, -0.1) is 0 Å². The average molecular weight is 229 g/mol. The number of aromatic nitrogens is 1. The van der Waals surface area contributed by atoms with Gasteiger partial charge in [0.05, 0.1) is 5.52 Å². The molecule has 0 aliphatic carbocycles. The van der Waals surface area contributed by atoms with E-state index < -0.39 is 5.97 Å². The van der Waals surface area contributed by atoms with E-state index in [1.165, 1.54) is 0 Å². The summed E-state index contributed by atoms with van der Waals surface area (Å²) in [6.45, 7) is 5.76. The number of para-hydroxylation sites is 1. The van der Waals surface area contributed by atoms with Gasteiger partial charge in [-0.25, -0.2) is 0 Å². The van der Waals surface area contributed by atoms with E-state index in [1.807, 2.05) is 25.1 Å². The summed E-state index contributed by atoms with van der Waals surface area (Å²) >= 11 is 0. The van der Waals surface area contributed by atoms with E-state index in [4.69, 9.17) is 5.11 Å². The SMILES string of the molecule is C=Cc1cccc2c(CCC(=O)O)c(C)[nH]c12. The lowest BCUT2D eigenvalue weighted by molar-refractivity contribution is -0.136. The second kappa shape index (κ2) is 4.45. The van der Waals surface area contributed by atoms with E-state index in [2.05, 4.69) is 11.6 Å². The van der Waals surface area contributed by atoms with E-state index in [0.29, 0.717) is 6.42 Å². The zero-order chi connectivity index (χ0) is 12.4. The summed E-state index contributed by atoms with van der Waals surface area (Å²) in [4.78, 5) is 13.9. The predicted octanol–water partition coefficient (Wildman–Crippen LogP) is 3.14. The van der Waals surface area contributed by atoms with Crippen LogP contribution in [0.15, 0.2) is 24.8 Å². The molecule has 0 atom stereocenters. The molecule has 0 aliphatic heterocycles. The number of carboxylic acid groups (broad SMARTS) is 1. The molecule has 0 amide bonds. The van der Waals surface area contributed by atoms with Gasteiger partial charge in [-0.3, -0.25) is 4.79 Å². The maximum Gasteiger partial charge on any atom is 0.303 e. The molecular weight excluding hydrogens is 214 g/mol. The van der Waals surface area contributed by atoms with Gasteiger partial charge in [0.1, 0.15) is 0 Å². The first-order valence-corrected chi connectivity index (χ1v) is 5.58. The smallest absolute Gasteiger partial charge is 0.303 e. The fourth-order valence-corrected chi connectivity index (χ4v) is 2.15. The van der Waals surface area contributed by atoms with Crippen molar-refractivity contribution in [1.82, 2.24) is 4.98 Å². The lowest BCUT2D eigenvalue weighted by atomic mass is 10.0. The second-order valence-electron chi connectivity index (χ2n) is 4.10. The minimum atomic E-state index is -0.765. The molecule has 17 heavy (non-hydrogen) atoms. The van der Waals surface area contributed by atoms with Gasteiger partial charge < -0.3 is 10.1 Å². The van der Waals surface area contributed by atoms with Crippen LogP contribution in [-0.2, 0) is 11.2 Å². The number of fused-ring (bicyclic) bond motifs is 1. The van der Waals surface area contributed by atoms with Crippen molar-refractivity contribution >= 4 is 22.9 Å². The fourth-order valence-electron chi connectivity index (χ4n) is 2.15. The Bertz CT molecular complexity index is 581. The van der Waals surface area contributed by atoms with Crippen molar-refractivity contribution in [3.8, 4) is 0 Å². The molecule has 0 fully saturated rings. The number of H-pyrrole nitrogens is 1. The van der Waals surface area contributed by atoms with E-state index in [0.717, 1.165) is 27.7 Å². The van der Waals surface area contributed by atoms with Crippen LogP contribution in [0.2, 0.25) is 0 Å². The van der Waals surface area contributed by atoms with Gasteiger partial charge in [0.2, 0.25) is 0 Å². The Morgan fingerprint density at radius 2 is 2.29 bits per heavy atom. The third-order valence-electron chi connectivity index (χ3n) is 3.00. The van der Waals surface area contributed by atoms with Gasteiger partial charge in [0, 0.05) is 17.5 Å². The van der Waals surface area contributed by atoms with Gasteiger partial charge in [-0.2, -0.15) is 0 Å². The summed E-state index contributed by atoms with van der Waals surface area (Å²) in [5, 5.41) is 9.85. The lowest BCUT2D eigenvalue weighted by Crippen LogP contribution is -1.97. The van der Waals surface area contributed by atoms with Crippen LogP contribution >= 0.6 is 0 Å². The number of hydrogen-bond acceptors (Lipinski definition) is 1. The summed E-state index contributed by atoms with van der Waals surface area (Å²) in [5.41, 5.74) is 4.22. The number of carboxylic acids is 1. The Kier molecular flexibility index (Phi) is 3.00. The molecule has 3 nitrogen and oxygen atoms in total. The standard InChI is InChI=1S/C14H15NO2/c1-3-10-5-4-6-12-11(7-8-13(16)17)9(2)15-14(10)12/h3-6,15H,1,7-8H2,2H3,(H,16,17). The molecule has 1 aromatic heterocycles. The highest BCUT2D eigenvalue weighted by Gasteiger charge is 2.11. The van der Waals surface area contributed by atoms with Crippen LogP contribution in [0.25, 0.3) is 17.0 Å². The van der Waals surface area contributed by atoms with Crippen molar-refractivity contribution in [2.45, 2.75) is 19.8 Å². The predicted molar refractivity (Wildman–Crippen MR) is 69.1 cm³/mol. The number of hydrogen-bond donors (Lipinski definition) is 2. The molecule has 0 saturated carbocycles. The third kappa shape index (κ3) is 2.09. The van der Waals surface area contributed by atoms with Gasteiger partial charge in [-0.05, 0) is 24.5 Å². The average Bonchev–Trinajstić information content (AvgIpc) is 2.62. The van der Waals surface area contributed by atoms with E-state index in [1.54, 1.807) is 6.08 Å². The minimum absolute atomic E-state index is 0.159. The lowest BCUT2D eigenvalue weighted by Gasteiger charge is -1.99. The highest BCUT2D eigenvalue weighted by molar-refractivity contribution is 5.91. The summed E-state index contributed by atoms with van der Waals surface area (Å²) in [7, 11) is 0. The summed E-state index contributed by atoms with van der Waals surface area (Å²) < 4.78 is 0. The molecule has 88 valence electrons. The zero-order valence-electron chi connectivity index (χ0n) is 9.79. The Balaban J connectivity index is 2.52. The molecule has 0 unspecified atom stereocenters. The molecule has 0 aliphatic rings. The number of benzene rings is 1. The first kappa shape index (κ1) is 11.5. The van der Waals surface area contributed by atoms with Crippen molar-refractivity contribution in [1.29, 1.82) is 0 Å². The first-order valence-electron chi connectivity index (χ1n) is 5.58. The van der Waals surface area contributed by atoms with E-state index in [9.17, 15) is 4.79 Å². The van der Waals surface area contributed by atoms with E-state index >= 15 is 0 Å². The number of rotatable bonds is 4. The van der Waals surface area contributed by atoms with Crippen molar-refractivity contribution in [3.05, 3.63) is 41.6 Å². The van der Waals surface area contributed by atoms with Crippen LogP contribution in [0.3, 0.4) is 0 Å². The van der Waals surface area contributed by atoms with Crippen molar-refractivity contribution in [2.24, 2.45) is 0 Å². The summed E-state index contributed by atoms with van der Waals surface area (Å²) in [6, 6.07) is 5.98. The molecular formula is C14H15NO2. The maximum atomic E-state index is 10.6. The number of aryl methyl sites for hydroxylation is 2. The number of aromatic amines is 1. The monoisotopic (exact) mass is 229 g/mol. The Morgan fingerprint density at radius 1 is 1.53 bits per heavy atom. The third-order valence-corrected chi connectivity index (χ3v) is 3.00.